The number of nitrogens with zero attached hydrogens (tertiary/aromatic N) is 1. The number of nitrogen functional groups attached to an aromatic ring is 1. The summed E-state index contributed by atoms with van der Waals surface area (Å²) in [5, 5.41) is 0. The molecule has 0 amide bonds. The normalized spacial score (nSPS) is 23.7. The van der Waals surface area contributed by atoms with Crippen LogP contribution < -0.4 is 5.73 Å². The van der Waals surface area contributed by atoms with Crippen LogP contribution in [0.1, 0.15) is 51.5 Å². The van der Waals surface area contributed by atoms with Crippen molar-refractivity contribution in [2.24, 2.45) is 5.92 Å². The Morgan fingerprint density at radius 2 is 1.74 bits per heavy atom. The largest absolute Gasteiger partial charge is 0.399 e. The Hall–Kier alpha value is -1.02. The first-order chi connectivity index (χ1) is 9.19. The van der Waals surface area contributed by atoms with Crippen LogP contribution in [0.25, 0.3) is 0 Å². The number of anilines is 1. The van der Waals surface area contributed by atoms with Crippen molar-refractivity contribution in [3.05, 3.63) is 29.8 Å². The van der Waals surface area contributed by atoms with E-state index in [4.69, 9.17) is 5.73 Å². The first-order valence-electron chi connectivity index (χ1n) is 7.77. The average molecular weight is 260 g/mol. The van der Waals surface area contributed by atoms with Gasteiger partial charge in [-0.25, -0.2) is 0 Å². The third kappa shape index (κ3) is 4.24. The van der Waals surface area contributed by atoms with Crippen molar-refractivity contribution in [1.82, 2.24) is 4.90 Å². The molecule has 1 aliphatic rings. The summed E-state index contributed by atoms with van der Waals surface area (Å²) in [4.78, 5) is 2.68. The van der Waals surface area contributed by atoms with Crippen molar-refractivity contribution in [3.63, 3.8) is 0 Å². The van der Waals surface area contributed by atoms with E-state index in [0.717, 1.165) is 24.2 Å². The van der Waals surface area contributed by atoms with Crippen molar-refractivity contribution < 1.29 is 0 Å². The Morgan fingerprint density at radius 1 is 1.11 bits per heavy atom. The van der Waals surface area contributed by atoms with Crippen LogP contribution in [-0.2, 0) is 6.54 Å². The summed E-state index contributed by atoms with van der Waals surface area (Å²) in [6.45, 7) is 6.96. The predicted molar refractivity (Wildman–Crippen MR) is 83.0 cm³/mol. The lowest BCUT2D eigenvalue weighted by Gasteiger charge is -2.36. The quantitative estimate of drug-likeness (QED) is 0.809. The van der Waals surface area contributed by atoms with Crippen molar-refractivity contribution in [2.45, 2.75) is 58.5 Å². The molecule has 2 heteroatoms. The van der Waals surface area contributed by atoms with E-state index in [1.165, 1.54) is 44.2 Å². The average Bonchev–Trinajstić information content (AvgIpc) is 2.42. The van der Waals surface area contributed by atoms with Crippen LogP contribution in [-0.4, -0.2) is 17.5 Å². The monoisotopic (exact) mass is 260 g/mol. The molecule has 0 aliphatic heterocycles. The lowest BCUT2D eigenvalue weighted by Crippen LogP contribution is -2.37. The molecule has 1 aromatic carbocycles. The fourth-order valence-electron chi connectivity index (χ4n) is 3.14. The van der Waals surface area contributed by atoms with Gasteiger partial charge in [0, 0.05) is 18.3 Å². The Morgan fingerprint density at radius 3 is 2.32 bits per heavy atom. The summed E-state index contributed by atoms with van der Waals surface area (Å²) in [5.41, 5.74) is 8.01. The second-order valence-corrected chi connectivity index (χ2v) is 6.13. The summed E-state index contributed by atoms with van der Waals surface area (Å²) >= 11 is 0. The second kappa shape index (κ2) is 6.95. The van der Waals surface area contributed by atoms with Crippen molar-refractivity contribution in [2.75, 3.05) is 12.3 Å². The van der Waals surface area contributed by atoms with Gasteiger partial charge in [-0.05, 0) is 62.3 Å². The molecule has 2 rings (SSSR count). The van der Waals surface area contributed by atoms with Gasteiger partial charge in [0.15, 0.2) is 0 Å². The van der Waals surface area contributed by atoms with Gasteiger partial charge in [-0.3, -0.25) is 4.90 Å². The Labute approximate surface area is 118 Å². The highest BCUT2D eigenvalue weighted by Crippen LogP contribution is 2.28. The lowest BCUT2D eigenvalue weighted by atomic mass is 9.86. The number of rotatable bonds is 5. The van der Waals surface area contributed by atoms with Gasteiger partial charge in [-0.2, -0.15) is 0 Å². The molecule has 1 aromatic rings. The third-order valence-electron chi connectivity index (χ3n) is 4.38. The molecule has 1 saturated carbocycles. The third-order valence-corrected chi connectivity index (χ3v) is 4.38. The maximum atomic E-state index is 5.76. The molecule has 106 valence electrons. The maximum Gasteiger partial charge on any atom is 0.0314 e. The molecular formula is C17H28N2. The Bertz CT molecular complexity index is 363. The van der Waals surface area contributed by atoms with Crippen LogP contribution in [0.2, 0.25) is 0 Å². The van der Waals surface area contributed by atoms with E-state index in [1.54, 1.807) is 0 Å². The molecule has 19 heavy (non-hydrogen) atoms. The molecule has 0 heterocycles. The zero-order valence-corrected chi connectivity index (χ0v) is 12.4. The highest BCUT2D eigenvalue weighted by Gasteiger charge is 2.23. The van der Waals surface area contributed by atoms with Gasteiger partial charge in [-0.15, -0.1) is 0 Å². The molecule has 0 spiro atoms. The van der Waals surface area contributed by atoms with Gasteiger partial charge < -0.3 is 5.73 Å². The fourth-order valence-corrected chi connectivity index (χ4v) is 3.14. The molecule has 2 nitrogen and oxygen atoms in total. The molecular weight excluding hydrogens is 232 g/mol. The Balaban J connectivity index is 1.97. The molecule has 2 N–H and O–H groups in total. The van der Waals surface area contributed by atoms with E-state index in [1.807, 2.05) is 12.1 Å². The zero-order valence-electron chi connectivity index (χ0n) is 12.4. The van der Waals surface area contributed by atoms with Gasteiger partial charge in [-0.1, -0.05) is 26.0 Å². The molecule has 0 saturated heterocycles. The number of nitrogens with two attached hydrogens (primary N) is 1. The topological polar surface area (TPSA) is 29.3 Å². The van der Waals surface area contributed by atoms with Crippen LogP contribution in [0.15, 0.2) is 24.3 Å². The van der Waals surface area contributed by atoms with Crippen molar-refractivity contribution in [3.8, 4) is 0 Å². The standard InChI is InChI=1S/C17H28N2/c1-3-12-19(17-10-4-14(2)5-11-17)13-15-6-8-16(18)9-7-15/h6-9,14,17H,3-5,10-13,18H2,1-2H3. The number of hydrogen-bond acceptors (Lipinski definition) is 2. The van der Waals surface area contributed by atoms with Crippen LogP contribution in [0, 0.1) is 5.92 Å². The van der Waals surface area contributed by atoms with Gasteiger partial charge in [0.05, 0.1) is 0 Å². The van der Waals surface area contributed by atoms with E-state index >= 15 is 0 Å². The smallest absolute Gasteiger partial charge is 0.0314 e. The first kappa shape index (κ1) is 14.4. The first-order valence-corrected chi connectivity index (χ1v) is 7.77. The predicted octanol–water partition coefficient (Wildman–Crippen LogP) is 4.06. The molecule has 1 aliphatic carbocycles. The lowest BCUT2D eigenvalue weighted by molar-refractivity contribution is 0.132. The molecule has 1 fully saturated rings. The van der Waals surface area contributed by atoms with Gasteiger partial charge >= 0.3 is 0 Å². The molecule has 0 radical (unpaired) electrons. The minimum atomic E-state index is 0.786. The minimum Gasteiger partial charge on any atom is -0.399 e. The maximum absolute atomic E-state index is 5.76. The SMILES string of the molecule is CCCN(Cc1ccc(N)cc1)C1CCC(C)CC1. The summed E-state index contributed by atoms with van der Waals surface area (Å²) < 4.78 is 0. The summed E-state index contributed by atoms with van der Waals surface area (Å²) in [5.74, 6) is 0.927. The van der Waals surface area contributed by atoms with Gasteiger partial charge in [0.2, 0.25) is 0 Å². The van der Waals surface area contributed by atoms with E-state index in [2.05, 4.69) is 30.9 Å². The minimum absolute atomic E-state index is 0.786. The zero-order chi connectivity index (χ0) is 13.7. The Kier molecular flexibility index (Phi) is 5.26. The van der Waals surface area contributed by atoms with Gasteiger partial charge in [0.1, 0.15) is 0 Å². The second-order valence-electron chi connectivity index (χ2n) is 6.13. The highest BCUT2D eigenvalue weighted by molar-refractivity contribution is 5.39. The number of hydrogen-bond donors (Lipinski definition) is 1. The van der Waals surface area contributed by atoms with E-state index in [-0.39, 0.29) is 0 Å². The summed E-state index contributed by atoms with van der Waals surface area (Å²) in [6, 6.07) is 9.16. The van der Waals surface area contributed by atoms with Crippen LogP contribution in [0.4, 0.5) is 5.69 Å². The highest BCUT2D eigenvalue weighted by atomic mass is 15.1. The summed E-state index contributed by atoms with van der Waals surface area (Å²) in [6.07, 6.45) is 6.77. The van der Waals surface area contributed by atoms with Gasteiger partial charge in [0.25, 0.3) is 0 Å². The summed E-state index contributed by atoms with van der Waals surface area (Å²) in [7, 11) is 0. The molecule has 0 aromatic heterocycles. The van der Waals surface area contributed by atoms with E-state index in [9.17, 15) is 0 Å². The van der Waals surface area contributed by atoms with E-state index < -0.39 is 0 Å². The fraction of sp³-hybridized carbons (Fsp3) is 0.647. The molecule has 0 atom stereocenters. The van der Waals surface area contributed by atoms with Crippen LogP contribution >= 0.6 is 0 Å². The van der Waals surface area contributed by atoms with Crippen molar-refractivity contribution in [1.29, 1.82) is 0 Å². The van der Waals surface area contributed by atoms with Crippen LogP contribution in [0.5, 0.6) is 0 Å². The van der Waals surface area contributed by atoms with Crippen molar-refractivity contribution >= 4 is 5.69 Å². The van der Waals surface area contributed by atoms with Crippen LogP contribution in [0.3, 0.4) is 0 Å². The number of benzene rings is 1. The molecule has 0 unspecified atom stereocenters. The van der Waals surface area contributed by atoms with E-state index in [0.29, 0.717) is 0 Å². The molecule has 0 bridgehead atoms.